The number of carbonyl (C=O) groups is 1. The van der Waals surface area contributed by atoms with Crippen LogP contribution in [0, 0.1) is 0 Å². The zero-order valence-electron chi connectivity index (χ0n) is 13.4. The van der Waals surface area contributed by atoms with Crippen LogP contribution >= 0.6 is 0 Å². The molecule has 3 atom stereocenters. The molecule has 6 nitrogen and oxygen atoms in total. The monoisotopic (exact) mass is 316 g/mol. The van der Waals surface area contributed by atoms with Crippen LogP contribution < -0.4 is 16.4 Å². The minimum Gasteiger partial charge on any atom is -0.373 e. The van der Waals surface area contributed by atoms with Gasteiger partial charge in [0.2, 0.25) is 5.91 Å². The first kappa shape index (κ1) is 15.8. The Morgan fingerprint density at radius 2 is 2.30 bits per heavy atom. The van der Waals surface area contributed by atoms with Gasteiger partial charge in [-0.3, -0.25) is 4.79 Å². The van der Waals surface area contributed by atoms with Gasteiger partial charge in [0.05, 0.1) is 24.8 Å². The number of amides is 1. The van der Waals surface area contributed by atoms with Crippen molar-refractivity contribution in [2.45, 2.75) is 51.0 Å². The van der Waals surface area contributed by atoms with Crippen LogP contribution in [0.15, 0.2) is 29.3 Å². The summed E-state index contributed by atoms with van der Waals surface area (Å²) in [6.45, 7) is 3.34. The Balaban J connectivity index is 1.64. The number of fused-ring (bicyclic) bond motifs is 2. The second-order valence-corrected chi connectivity index (χ2v) is 6.12. The van der Waals surface area contributed by atoms with Crippen molar-refractivity contribution in [3.8, 4) is 0 Å². The summed E-state index contributed by atoms with van der Waals surface area (Å²) >= 11 is 0. The van der Waals surface area contributed by atoms with E-state index in [0.717, 1.165) is 30.9 Å². The van der Waals surface area contributed by atoms with Gasteiger partial charge in [-0.25, -0.2) is 4.99 Å². The van der Waals surface area contributed by atoms with Gasteiger partial charge in [0, 0.05) is 12.1 Å². The minimum absolute atomic E-state index is 0.307. The maximum Gasteiger partial charge on any atom is 0.248 e. The molecule has 1 amide bonds. The molecule has 124 valence electrons. The zero-order valence-corrected chi connectivity index (χ0v) is 13.4. The molecular formula is C17H24N4O2. The number of hydrogen-bond donors (Lipinski definition) is 3. The van der Waals surface area contributed by atoms with Crippen molar-refractivity contribution >= 4 is 11.9 Å². The number of guanidine groups is 1. The number of ether oxygens (including phenoxy) is 1. The number of nitrogens with one attached hydrogen (secondary N) is 2. The van der Waals surface area contributed by atoms with Crippen LogP contribution in [-0.2, 0) is 11.3 Å². The maximum absolute atomic E-state index is 11.2. The van der Waals surface area contributed by atoms with Crippen LogP contribution in [-0.4, -0.2) is 36.7 Å². The molecule has 2 heterocycles. The lowest BCUT2D eigenvalue weighted by molar-refractivity contribution is 0.0990. The van der Waals surface area contributed by atoms with Crippen LogP contribution in [0.1, 0.15) is 42.1 Å². The summed E-state index contributed by atoms with van der Waals surface area (Å²) in [4.78, 5) is 15.9. The second-order valence-electron chi connectivity index (χ2n) is 6.12. The molecular weight excluding hydrogens is 292 g/mol. The lowest BCUT2D eigenvalue weighted by Crippen LogP contribution is -2.47. The number of carbonyl (C=O) groups excluding carboxylic acids is 1. The van der Waals surface area contributed by atoms with Crippen molar-refractivity contribution in [1.29, 1.82) is 0 Å². The van der Waals surface area contributed by atoms with Crippen molar-refractivity contribution < 1.29 is 9.53 Å². The fourth-order valence-corrected chi connectivity index (χ4v) is 3.28. The molecule has 2 fully saturated rings. The first-order chi connectivity index (χ1) is 11.2. The summed E-state index contributed by atoms with van der Waals surface area (Å²) in [5, 5.41) is 6.75. The number of hydrogen-bond acceptors (Lipinski definition) is 3. The lowest BCUT2D eigenvalue weighted by Gasteiger charge is -2.22. The largest absolute Gasteiger partial charge is 0.373 e. The van der Waals surface area contributed by atoms with Crippen molar-refractivity contribution in [2.75, 3.05) is 6.54 Å². The number of primary amides is 1. The summed E-state index contributed by atoms with van der Waals surface area (Å²) in [6.07, 6.45) is 4.07. The van der Waals surface area contributed by atoms with Gasteiger partial charge in [0.15, 0.2) is 5.96 Å². The number of benzene rings is 1. The fourth-order valence-electron chi connectivity index (χ4n) is 3.28. The van der Waals surface area contributed by atoms with E-state index in [-0.39, 0.29) is 0 Å². The van der Waals surface area contributed by atoms with Crippen LogP contribution in [0.2, 0.25) is 0 Å². The summed E-state index contributed by atoms with van der Waals surface area (Å²) in [5.41, 5.74) is 6.79. The average Bonchev–Trinajstić information content (AvgIpc) is 3.16. The highest BCUT2D eigenvalue weighted by Gasteiger charge is 2.41. The van der Waals surface area contributed by atoms with E-state index >= 15 is 0 Å². The van der Waals surface area contributed by atoms with E-state index in [1.165, 1.54) is 6.42 Å². The number of rotatable bonds is 5. The van der Waals surface area contributed by atoms with E-state index in [9.17, 15) is 4.79 Å². The van der Waals surface area contributed by atoms with Crippen molar-refractivity contribution in [3.05, 3.63) is 35.4 Å². The second kappa shape index (κ2) is 7.00. The van der Waals surface area contributed by atoms with Gasteiger partial charge in [0.1, 0.15) is 0 Å². The van der Waals surface area contributed by atoms with Crippen molar-refractivity contribution in [3.63, 3.8) is 0 Å². The van der Waals surface area contributed by atoms with Gasteiger partial charge in [-0.15, -0.1) is 0 Å². The molecule has 0 radical (unpaired) electrons. The highest BCUT2D eigenvalue weighted by molar-refractivity contribution is 5.92. The third kappa shape index (κ3) is 3.82. The lowest BCUT2D eigenvalue weighted by atomic mass is 9.96. The molecule has 0 aliphatic carbocycles. The van der Waals surface area contributed by atoms with E-state index in [4.69, 9.17) is 10.5 Å². The third-order valence-electron chi connectivity index (χ3n) is 4.40. The Bertz CT molecular complexity index is 602. The third-order valence-corrected chi connectivity index (χ3v) is 4.40. The number of nitrogens with two attached hydrogens (primary N) is 1. The SMILES string of the molecule is CCNC(=NCc1cccc(C(N)=O)c1)NC1CC2CCC1O2. The maximum atomic E-state index is 11.2. The van der Waals surface area contributed by atoms with E-state index in [1.54, 1.807) is 12.1 Å². The molecule has 0 saturated carbocycles. The first-order valence-corrected chi connectivity index (χ1v) is 8.24. The molecule has 0 spiro atoms. The van der Waals surface area contributed by atoms with Crippen LogP contribution in [0.3, 0.4) is 0 Å². The summed E-state index contributed by atoms with van der Waals surface area (Å²) < 4.78 is 5.87. The summed E-state index contributed by atoms with van der Waals surface area (Å²) in [5.74, 6) is 0.373. The Kier molecular flexibility index (Phi) is 4.81. The van der Waals surface area contributed by atoms with Crippen LogP contribution in [0.4, 0.5) is 0 Å². The minimum atomic E-state index is -0.417. The Morgan fingerprint density at radius 1 is 1.43 bits per heavy atom. The van der Waals surface area contributed by atoms with Gasteiger partial charge >= 0.3 is 0 Å². The van der Waals surface area contributed by atoms with E-state index in [0.29, 0.717) is 30.4 Å². The normalized spacial score (nSPS) is 26.3. The van der Waals surface area contributed by atoms with Crippen molar-refractivity contribution in [1.82, 2.24) is 10.6 Å². The Morgan fingerprint density at radius 3 is 2.96 bits per heavy atom. The fraction of sp³-hybridized carbons (Fsp3) is 0.529. The molecule has 23 heavy (non-hydrogen) atoms. The van der Waals surface area contributed by atoms with E-state index < -0.39 is 5.91 Å². The molecule has 4 N–H and O–H groups in total. The molecule has 3 rings (SSSR count). The molecule has 3 unspecified atom stereocenters. The molecule has 2 aliphatic heterocycles. The zero-order chi connectivity index (χ0) is 16.2. The van der Waals surface area contributed by atoms with Gasteiger partial charge in [-0.05, 0) is 43.9 Å². The average molecular weight is 316 g/mol. The first-order valence-electron chi connectivity index (χ1n) is 8.24. The molecule has 2 bridgehead atoms. The molecule has 2 aliphatic rings. The Hall–Kier alpha value is -2.08. The topological polar surface area (TPSA) is 88.7 Å². The van der Waals surface area contributed by atoms with E-state index in [1.807, 2.05) is 19.1 Å². The summed E-state index contributed by atoms with van der Waals surface area (Å²) in [6, 6.07) is 7.61. The van der Waals surface area contributed by atoms with E-state index in [2.05, 4.69) is 15.6 Å². The number of aliphatic imine (C=N–C) groups is 1. The molecule has 6 heteroatoms. The number of nitrogens with zero attached hydrogens (tertiary/aromatic N) is 1. The molecule has 1 aromatic carbocycles. The predicted octanol–water partition coefficient (Wildman–Crippen LogP) is 1.16. The highest BCUT2D eigenvalue weighted by Crippen LogP contribution is 2.34. The molecule has 1 aromatic rings. The molecule has 2 saturated heterocycles. The van der Waals surface area contributed by atoms with Gasteiger partial charge < -0.3 is 21.1 Å². The highest BCUT2D eigenvalue weighted by atomic mass is 16.5. The standard InChI is InChI=1S/C17H24N4O2/c1-2-19-17(21-14-9-13-6-7-15(14)23-13)20-10-11-4-3-5-12(8-11)16(18)22/h3-5,8,13-15H,2,6-7,9-10H2,1H3,(H2,18,22)(H2,19,20,21). The molecule has 0 aromatic heterocycles. The van der Waals surface area contributed by atoms with Gasteiger partial charge in [-0.2, -0.15) is 0 Å². The quantitative estimate of drug-likeness (QED) is 0.562. The summed E-state index contributed by atoms with van der Waals surface area (Å²) in [7, 11) is 0. The predicted molar refractivity (Wildman–Crippen MR) is 89.2 cm³/mol. The van der Waals surface area contributed by atoms with Crippen LogP contribution in [0.25, 0.3) is 0 Å². The van der Waals surface area contributed by atoms with Gasteiger partial charge in [-0.1, -0.05) is 12.1 Å². The van der Waals surface area contributed by atoms with Crippen LogP contribution in [0.5, 0.6) is 0 Å². The van der Waals surface area contributed by atoms with Gasteiger partial charge in [0.25, 0.3) is 0 Å². The smallest absolute Gasteiger partial charge is 0.248 e. The Labute approximate surface area is 136 Å². The van der Waals surface area contributed by atoms with Crippen molar-refractivity contribution in [2.24, 2.45) is 10.7 Å².